The van der Waals surface area contributed by atoms with Crippen molar-refractivity contribution in [2.45, 2.75) is 38.4 Å². The van der Waals surface area contributed by atoms with Gasteiger partial charge in [-0.1, -0.05) is 48.5 Å². The highest BCUT2D eigenvalue weighted by molar-refractivity contribution is 6.54. The van der Waals surface area contributed by atoms with Gasteiger partial charge in [-0.25, -0.2) is 4.58 Å². The van der Waals surface area contributed by atoms with Gasteiger partial charge in [0.15, 0.2) is 0 Å². The zero-order valence-electron chi connectivity index (χ0n) is 13.8. The van der Waals surface area contributed by atoms with Gasteiger partial charge >= 0.3 is 0 Å². The van der Waals surface area contributed by atoms with Crippen LogP contribution in [0.5, 0.6) is 0 Å². The van der Waals surface area contributed by atoms with E-state index in [9.17, 15) is 0 Å². The van der Waals surface area contributed by atoms with Crippen LogP contribution in [0.1, 0.15) is 31.2 Å². The van der Waals surface area contributed by atoms with E-state index in [1.54, 1.807) is 5.67 Å². The number of benzene rings is 2. The van der Waals surface area contributed by atoms with Crippen molar-refractivity contribution in [3.05, 3.63) is 66.2 Å². The number of para-hydroxylation sites is 1. The zero-order valence-corrected chi connectivity index (χ0v) is 15.3. The first-order valence-electron chi connectivity index (χ1n) is 8.43. The Morgan fingerprint density at radius 3 is 2.29 bits per heavy atom. The van der Waals surface area contributed by atoms with Gasteiger partial charge in [-0.15, -0.1) is 0 Å². The smallest absolute Gasteiger partial charge is 0.234 e. The first kappa shape index (κ1) is 18.8. The molecule has 2 aromatic carbocycles. The van der Waals surface area contributed by atoms with E-state index in [0.717, 1.165) is 19.5 Å². The number of rotatable bonds is 4. The third-order valence-corrected chi connectivity index (χ3v) is 4.78. The van der Waals surface area contributed by atoms with Crippen LogP contribution in [0.4, 0.5) is 5.69 Å². The van der Waals surface area contributed by atoms with Crippen molar-refractivity contribution >= 4 is 23.0 Å². The summed E-state index contributed by atoms with van der Waals surface area (Å²) in [6, 6.07) is 21.4. The van der Waals surface area contributed by atoms with E-state index in [0.29, 0.717) is 6.17 Å². The molecule has 2 aromatic rings. The Hall–Kier alpha value is -1.51. The molecule has 0 bridgehead atoms. The molecule has 3 rings (SSSR count). The second kappa shape index (κ2) is 9.71. The van der Waals surface area contributed by atoms with Gasteiger partial charge in [0.2, 0.25) is 11.8 Å². The predicted octanol–water partition coefficient (Wildman–Crippen LogP) is 1.88. The van der Waals surface area contributed by atoms with Crippen molar-refractivity contribution in [3.63, 3.8) is 0 Å². The van der Waals surface area contributed by atoms with Gasteiger partial charge < -0.3 is 17.3 Å². The SMILES string of the molecule is Cl/C=[N+]1\CCCCCC1N(Cc1ccccc1)c1ccccc1.[Cl-]. The molecular weight excluding hydrogens is 339 g/mol. The van der Waals surface area contributed by atoms with Gasteiger partial charge in [-0.05, 0) is 42.1 Å². The molecule has 0 radical (unpaired) electrons. The van der Waals surface area contributed by atoms with E-state index < -0.39 is 0 Å². The molecule has 24 heavy (non-hydrogen) atoms. The molecule has 128 valence electrons. The van der Waals surface area contributed by atoms with Gasteiger partial charge in [0.05, 0.1) is 0 Å². The molecule has 0 saturated carbocycles. The summed E-state index contributed by atoms with van der Waals surface area (Å²) < 4.78 is 2.30. The molecule has 1 saturated heterocycles. The van der Waals surface area contributed by atoms with Crippen molar-refractivity contribution < 1.29 is 17.0 Å². The number of halogens is 2. The maximum Gasteiger partial charge on any atom is 0.234 e. The van der Waals surface area contributed by atoms with Crippen molar-refractivity contribution in [1.29, 1.82) is 0 Å². The minimum Gasteiger partial charge on any atom is -1.00 e. The summed E-state index contributed by atoms with van der Waals surface area (Å²) in [5, 5.41) is 0. The van der Waals surface area contributed by atoms with Crippen LogP contribution in [0.3, 0.4) is 0 Å². The summed E-state index contributed by atoms with van der Waals surface area (Å²) in [4.78, 5) is 2.49. The molecule has 1 aliphatic rings. The van der Waals surface area contributed by atoms with Crippen molar-refractivity contribution in [2.75, 3.05) is 11.4 Å². The Labute approximate surface area is 156 Å². The van der Waals surface area contributed by atoms with Crippen molar-refractivity contribution in [3.8, 4) is 0 Å². The standard InChI is InChI=1S/C20H24ClN2.ClH/c21-17-22-15-9-3-8-14-20(22)23(19-12-6-2-7-13-19)16-18-10-4-1-5-11-18;/h1-2,4-7,10-13,17,20H,3,8-9,14-16H2;1H/q+1;/p-1/b22-17+;. The number of anilines is 1. The fourth-order valence-electron chi connectivity index (χ4n) is 3.33. The fraction of sp³-hybridized carbons (Fsp3) is 0.350. The van der Waals surface area contributed by atoms with E-state index in [1.165, 1.54) is 30.5 Å². The molecule has 0 spiro atoms. The molecule has 1 fully saturated rings. The number of hydrogen-bond acceptors (Lipinski definition) is 1. The summed E-state index contributed by atoms with van der Waals surface area (Å²) in [7, 11) is 0. The van der Waals surface area contributed by atoms with Gasteiger partial charge in [0, 0.05) is 25.1 Å². The van der Waals surface area contributed by atoms with Crippen LogP contribution < -0.4 is 17.3 Å². The fourth-order valence-corrected chi connectivity index (χ4v) is 3.56. The predicted molar refractivity (Wildman–Crippen MR) is 98.4 cm³/mol. The summed E-state index contributed by atoms with van der Waals surface area (Å²) in [6.07, 6.45) is 5.21. The molecule has 0 aliphatic carbocycles. The second-order valence-corrected chi connectivity index (χ2v) is 6.31. The highest BCUT2D eigenvalue weighted by atomic mass is 35.5. The van der Waals surface area contributed by atoms with Crippen molar-refractivity contribution in [2.24, 2.45) is 0 Å². The molecule has 0 amide bonds. The lowest BCUT2D eigenvalue weighted by Gasteiger charge is -2.30. The largest absolute Gasteiger partial charge is 1.00 e. The van der Waals surface area contributed by atoms with Crippen LogP contribution in [0.25, 0.3) is 0 Å². The molecule has 0 aromatic heterocycles. The van der Waals surface area contributed by atoms with Crippen LogP contribution >= 0.6 is 11.6 Å². The highest BCUT2D eigenvalue weighted by Gasteiger charge is 2.30. The Morgan fingerprint density at radius 2 is 1.62 bits per heavy atom. The van der Waals surface area contributed by atoms with Gasteiger partial charge in [0.1, 0.15) is 6.54 Å². The Bertz CT molecular complexity index is 629. The van der Waals surface area contributed by atoms with Gasteiger partial charge in [0.25, 0.3) is 0 Å². The minimum absolute atomic E-state index is 0. The highest BCUT2D eigenvalue weighted by Crippen LogP contribution is 2.25. The van der Waals surface area contributed by atoms with E-state index in [1.807, 2.05) is 0 Å². The topological polar surface area (TPSA) is 6.25 Å². The molecule has 4 heteroatoms. The van der Waals surface area contributed by atoms with Crippen LogP contribution in [0, 0.1) is 0 Å². The summed E-state index contributed by atoms with van der Waals surface area (Å²) in [6.45, 7) is 1.93. The van der Waals surface area contributed by atoms with Crippen LogP contribution in [-0.4, -0.2) is 23.0 Å². The molecule has 2 nitrogen and oxygen atoms in total. The van der Waals surface area contributed by atoms with Crippen LogP contribution in [0.15, 0.2) is 60.7 Å². The lowest BCUT2D eigenvalue weighted by molar-refractivity contribution is -0.558. The first-order chi connectivity index (χ1) is 11.4. The minimum atomic E-state index is 0. The normalized spacial score (nSPS) is 19.4. The van der Waals surface area contributed by atoms with Crippen LogP contribution in [0.2, 0.25) is 0 Å². The quantitative estimate of drug-likeness (QED) is 0.752. The van der Waals surface area contributed by atoms with Gasteiger partial charge in [-0.2, -0.15) is 0 Å². The summed E-state index contributed by atoms with van der Waals surface area (Å²) >= 11 is 6.16. The van der Waals surface area contributed by atoms with E-state index in [4.69, 9.17) is 11.6 Å². The monoisotopic (exact) mass is 362 g/mol. The Kier molecular flexibility index (Phi) is 7.61. The molecular formula is C20H24Cl2N2. The van der Waals surface area contributed by atoms with Crippen molar-refractivity contribution in [1.82, 2.24) is 0 Å². The Balaban J connectivity index is 0.00000208. The average Bonchev–Trinajstić information content (AvgIpc) is 2.86. The van der Waals surface area contributed by atoms with Crippen LogP contribution in [-0.2, 0) is 6.54 Å². The summed E-state index contributed by atoms with van der Waals surface area (Å²) in [5.74, 6) is 0. The lowest BCUT2D eigenvalue weighted by atomic mass is 10.1. The van der Waals surface area contributed by atoms with E-state index in [2.05, 4.69) is 70.1 Å². The molecule has 1 heterocycles. The second-order valence-electron chi connectivity index (χ2n) is 6.11. The Morgan fingerprint density at radius 1 is 0.958 bits per heavy atom. The summed E-state index contributed by atoms with van der Waals surface area (Å²) in [5.41, 5.74) is 4.33. The molecule has 0 N–H and O–H groups in total. The average molecular weight is 363 g/mol. The lowest BCUT2D eigenvalue weighted by Crippen LogP contribution is -3.00. The molecule has 1 aliphatic heterocycles. The first-order valence-corrected chi connectivity index (χ1v) is 8.87. The number of hydrogen-bond donors (Lipinski definition) is 0. The third kappa shape index (κ3) is 4.75. The maximum atomic E-state index is 6.16. The molecule has 1 unspecified atom stereocenters. The third-order valence-electron chi connectivity index (χ3n) is 4.53. The van der Waals surface area contributed by atoms with E-state index in [-0.39, 0.29) is 12.4 Å². The zero-order chi connectivity index (χ0) is 15.9. The van der Waals surface area contributed by atoms with Gasteiger partial charge in [-0.3, -0.25) is 0 Å². The van der Waals surface area contributed by atoms with E-state index >= 15 is 0 Å². The maximum absolute atomic E-state index is 6.16. The number of nitrogens with zero attached hydrogens (tertiary/aromatic N) is 2. The molecule has 1 atom stereocenters.